The lowest BCUT2D eigenvalue weighted by atomic mass is 10.1. The van der Waals surface area contributed by atoms with Crippen LogP contribution in [0.25, 0.3) is 0 Å². The molecule has 0 aromatic heterocycles. The number of carbonyl (C=O) groups excluding carboxylic acids is 1. The molecule has 4 heteroatoms. The van der Waals surface area contributed by atoms with E-state index in [0.717, 1.165) is 38.8 Å². The first-order chi connectivity index (χ1) is 8.72. The molecular formula is C14H18ClNO2. The number of halogens is 1. The number of aldehydes is 1. The lowest BCUT2D eigenvalue weighted by Crippen LogP contribution is -2.38. The highest BCUT2D eigenvalue weighted by Crippen LogP contribution is 2.28. The van der Waals surface area contributed by atoms with Crippen LogP contribution in [0.5, 0.6) is 5.75 Å². The average Bonchev–Trinajstić information content (AvgIpc) is 2.42. The molecule has 1 aromatic carbocycles. The topological polar surface area (TPSA) is 29.5 Å². The fourth-order valence-electron chi connectivity index (χ4n) is 2.21. The third-order valence-corrected chi connectivity index (χ3v) is 3.66. The standard InChI is InChI=1S/C14H18ClNO2/c1-2-16-7-5-12(6-8-16)18-14-4-3-11(10-17)9-13(14)15/h3-4,9-10,12H,2,5-8H2,1H3. The van der Waals surface area contributed by atoms with Gasteiger partial charge in [-0.15, -0.1) is 0 Å². The summed E-state index contributed by atoms with van der Waals surface area (Å²) >= 11 is 6.09. The highest BCUT2D eigenvalue weighted by molar-refractivity contribution is 6.32. The Labute approximate surface area is 113 Å². The summed E-state index contributed by atoms with van der Waals surface area (Å²) in [7, 11) is 0. The van der Waals surface area contributed by atoms with Gasteiger partial charge in [-0.05, 0) is 37.6 Å². The second-order valence-electron chi connectivity index (χ2n) is 4.56. The molecule has 0 atom stereocenters. The van der Waals surface area contributed by atoms with E-state index in [0.29, 0.717) is 16.3 Å². The minimum absolute atomic E-state index is 0.229. The quantitative estimate of drug-likeness (QED) is 0.786. The minimum atomic E-state index is 0.229. The van der Waals surface area contributed by atoms with Crippen LogP contribution in [0.2, 0.25) is 5.02 Å². The maximum atomic E-state index is 10.6. The predicted octanol–water partition coefficient (Wildman–Crippen LogP) is 3.02. The summed E-state index contributed by atoms with van der Waals surface area (Å²) in [5.41, 5.74) is 0.577. The van der Waals surface area contributed by atoms with Gasteiger partial charge in [-0.3, -0.25) is 4.79 Å². The van der Waals surface area contributed by atoms with Gasteiger partial charge in [-0.1, -0.05) is 18.5 Å². The predicted molar refractivity (Wildman–Crippen MR) is 72.6 cm³/mol. The smallest absolute Gasteiger partial charge is 0.150 e. The second-order valence-corrected chi connectivity index (χ2v) is 4.97. The van der Waals surface area contributed by atoms with Crippen LogP contribution in [-0.2, 0) is 0 Å². The van der Waals surface area contributed by atoms with E-state index in [4.69, 9.17) is 16.3 Å². The summed E-state index contributed by atoms with van der Waals surface area (Å²) in [5, 5.41) is 0.512. The first kappa shape index (κ1) is 13.4. The Hall–Kier alpha value is -1.06. The molecule has 1 aliphatic heterocycles. The van der Waals surface area contributed by atoms with Crippen molar-refractivity contribution in [2.24, 2.45) is 0 Å². The van der Waals surface area contributed by atoms with Crippen LogP contribution in [-0.4, -0.2) is 36.9 Å². The Kier molecular flexibility index (Phi) is 4.61. The van der Waals surface area contributed by atoms with Crippen LogP contribution in [0.15, 0.2) is 18.2 Å². The molecule has 3 nitrogen and oxygen atoms in total. The molecule has 98 valence electrons. The van der Waals surface area contributed by atoms with Gasteiger partial charge in [-0.2, -0.15) is 0 Å². The van der Waals surface area contributed by atoms with Crippen molar-refractivity contribution in [2.45, 2.75) is 25.9 Å². The Balaban J connectivity index is 1.96. The molecule has 1 saturated heterocycles. The summed E-state index contributed by atoms with van der Waals surface area (Å²) in [6, 6.07) is 5.15. The summed E-state index contributed by atoms with van der Waals surface area (Å²) in [5.74, 6) is 0.678. The zero-order chi connectivity index (χ0) is 13.0. The third-order valence-electron chi connectivity index (χ3n) is 3.37. The monoisotopic (exact) mass is 267 g/mol. The van der Waals surface area contributed by atoms with E-state index in [-0.39, 0.29) is 6.10 Å². The third kappa shape index (κ3) is 3.24. The van der Waals surface area contributed by atoms with Gasteiger partial charge < -0.3 is 9.64 Å². The van der Waals surface area contributed by atoms with E-state index in [1.165, 1.54) is 0 Å². The molecule has 18 heavy (non-hydrogen) atoms. The molecule has 1 aromatic rings. The molecular weight excluding hydrogens is 250 g/mol. The number of rotatable bonds is 4. The van der Waals surface area contributed by atoms with E-state index in [1.807, 2.05) is 0 Å². The maximum absolute atomic E-state index is 10.6. The van der Waals surface area contributed by atoms with Crippen LogP contribution in [0.1, 0.15) is 30.1 Å². The van der Waals surface area contributed by atoms with Gasteiger partial charge in [0.05, 0.1) is 5.02 Å². The Morgan fingerprint density at radius 1 is 1.44 bits per heavy atom. The molecule has 1 aliphatic rings. The minimum Gasteiger partial charge on any atom is -0.489 e. The van der Waals surface area contributed by atoms with Gasteiger partial charge in [0.1, 0.15) is 18.1 Å². The van der Waals surface area contributed by atoms with Crippen molar-refractivity contribution in [3.05, 3.63) is 28.8 Å². The van der Waals surface area contributed by atoms with Gasteiger partial charge >= 0.3 is 0 Å². The van der Waals surface area contributed by atoms with Gasteiger partial charge in [0, 0.05) is 18.7 Å². The average molecular weight is 268 g/mol. The van der Waals surface area contributed by atoms with Gasteiger partial charge in [0.15, 0.2) is 0 Å². The lowest BCUT2D eigenvalue weighted by molar-refractivity contribution is 0.104. The molecule has 0 spiro atoms. The number of carbonyl (C=O) groups is 1. The van der Waals surface area contributed by atoms with E-state index in [1.54, 1.807) is 18.2 Å². The highest BCUT2D eigenvalue weighted by atomic mass is 35.5. The number of nitrogens with zero attached hydrogens (tertiary/aromatic N) is 1. The fraction of sp³-hybridized carbons (Fsp3) is 0.500. The molecule has 0 N–H and O–H groups in total. The second kappa shape index (κ2) is 6.21. The van der Waals surface area contributed by atoms with Gasteiger partial charge in [0.2, 0.25) is 0 Å². The lowest BCUT2D eigenvalue weighted by Gasteiger charge is -2.31. The first-order valence-electron chi connectivity index (χ1n) is 6.36. The van der Waals surface area contributed by atoms with Crippen LogP contribution in [0.4, 0.5) is 0 Å². The summed E-state index contributed by atoms with van der Waals surface area (Å²) in [6.45, 7) is 5.42. The van der Waals surface area contributed by atoms with Gasteiger partial charge in [0.25, 0.3) is 0 Å². The normalized spacial score (nSPS) is 17.7. The van der Waals surface area contributed by atoms with Crippen LogP contribution >= 0.6 is 11.6 Å². The Morgan fingerprint density at radius 2 is 2.17 bits per heavy atom. The zero-order valence-electron chi connectivity index (χ0n) is 10.6. The van der Waals surface area contributed by atoms with Crippen LogP contribution in [0.3, 0.4) is 0 Å². The van der Waals surface area contributed by atoms with Crippen molar-refractivity contribution in [1.29, 1.82) is 0 Å². The largest absolute Gasteiger partial charge is 0.489 e. The Morgan fingerprint density at radius 3 is 2.72 bits per heavy atom. The van der Waals surface area contributed by atoms with Crippen molar-refractivity contribution >= 4 is 17.9 Å². The van der Waals surface area contributed by atoms with Crippen molar-refractivity contribution in [3.8, 4) is 5.75 Å². The molecule has 0 aliphatic carbocycles. The van der Waals surface area contributed by atoms with Crippen molar-refractivity contribution < 1.29 is 9.53 Å². The number of piperidine rings is 1. The summed E-state index contributed by atoms with van der Waals surface area (Å²) in [6.07, 6.45) is 3.07. The van der Waals surface area contributed by atoms with Crippen LogP contribution < -0.4 is 4.74 Å². The summed E-state index contributed by atoms with van der Waals surface area (Å²) < 4.78 is 5.90. The molecule has 2 rings (SSSR count). The van der Waals surface area contributed by atoms with E-state index in [2.05, 4.69) is 11.8 Å². The van der Waals surface area contributed by atoms with Crippen molar-refractivity contribution in [1.82, 2.24) is 4.90 Å². The molecule has 0 saturated carbocycles. The SMILES string of the molecule is CCN1CCC(Oc2ccc(C=O)cc2Cl)CC1. The summed E-state index contributed by atoms with van der Waals surface area (Å²) in [4.78, 5) is 13.0. The molecule has 0 radical (unpaired) electrons. The van der Waals surface area contributed by atoms with E-state index >= 15 is 0 Å². The number of hydrogen-bond acceptors (Lipinski definition) is 3. The highest BCUT2D eigenvalue weighted by Gasteiger charge is 2.20. The molecule has 1 fully saturated rings. The van der Waals surface area contributed by atoms with E-state index in [9.17, 15) is 4.79 Å². The molecule has 0 bridgehead atoms. The molecule has 0 amide bonds. The number of likely N-dealkylation sites (tertiary alicyclic amines) is 1. The van der Waals surface area contributed by atoms with E-state index < -0.39 is 0 Å². The first-order valence-corrected chi connectivity index (χ1v) is 6.74. The van der Waals surface area contributed by atoms with Crippen molar-refractivity contribution in [3.63, 3.8) is 0 Å². The number of ether oxygens (including phenoxy) is 1. The van der Waals surface area contributed by atoms with Crippen LogP contribution in [0, 0.1) is 0 Å². The van der Waals surface area contributed by atoms with Gasteiger partial charge in [-0.25, -0.2) is 0 Å². The molecule has 1 heterocycles. The van der Waals surface area contributed by atoms with Crippen molar-refractivity contribution in [2.75, 3.05) is 19.6 Å². The fourth-order valence-corrected chi connectivity index (χ4v) is 2.44. The number of hydrogen-bond donors (Lipinski definition) is 0. The maximum Gasteiger partial charge on any atom is 0.150 e. The zero-order valence-corrected chi connectivity index (χ0v) is 11.3. The number of benzene rings is 1. The molecule has 0 unspecified atom stereocenters. The Bertz CT molecular complexity index is 414.